The molecule has 4 rings (SSSR count). The Labute approximate surface area is 132 Å². The maximum atomic E-state index is 10.9. The molecule has 0 bridgehead atoms. The first kappa shape index (κ1) is 14.6. The van der Waals surface area contributed by atoms with Crippen LogP contribution in [0.1, 0.15) is 52.4 Å². The molecule has 4 aliphatic rings. The van der Waals surface area contributed by atoms with Gasteiger partial charge in [-0.25, -0.2) is 0 Å². The molecule has 3 N–H and O–H groups in total. The summed E-state index contributed by atoms with van der Waals surface area (Å²) < 4.78 is 0. The summed E-state index contributed by atoms with van der Waals surface area (Å²) in [7, 11) is 0. The van der Waals surface area contributed by atoms with Gasteiger partial charge in [0.05, 0.1) is 17.6 Å². The van der Waals surface area contributed by atoms with E-state index in [2.05, 4.69) is 13.8 Å². The van der Waals surface area contributed by atoms with E-state index in [9.17, 15) is 15.3 Å². The van der Waals surface area contributed by atoms with Gasteiger partial charge in [-0.2, -0.15) is 0 Å². The third-order valence-corrected chi connectivity index (χ3v) is 7.82. The van der Waals surface area contributed by atoms with Gasteiger partial charge in [-0.3, -0.25) is 0 Å². The zero-order valence-electron chi connectivity index (χ0n) is 13.6. The van der Waals surface area contributed by atoms with Crippen LogP contribution in [-0.4, -0.2) is 21.4 Å². The van der Waals surface area contributed by atoms with Gasteiger partial charge in [-0.1, -0.05) is 13.8 Å². The predicted octanol–water partition coefficient (Wildman–Crippen LogP) is 4.10. The number of fused-ring (bicyclic) bond motifs is 5. The number of aliphatic hydroxyl groups is 3. The molecule has 0 aliphatic heterocycles. The molecule has 0 aromatic heterocycles. The van der Waals surface area contributed by atoms with Crippen molar-refractivity contribution in [1.29, 1.82) is 0 Å². The smallest absolute Gasteiger partial charge is 0.0944 e. The van der Waals surface area contributed by atoms with Crippen LogP contribution >= 0.6 is 0 Å². The Morgan fingerprint density at radius 2 is 1.91 bits per heavy atom. The average molecular weight is 304 g/mol. The van der Waals surface area contributed by atoms with E-state index in [-0.39, 0.29) is 22.9 Å². The second-order valence-electron chi connectivity index (χ2n) is 8.64. The molecular formula is C19H28O3. The second kappa shape index (κ2) is 4.53. The Morgan fingerprint density at radius 3 is 2.68 bits per heavy atom. The minimum Gasteiger partial charge on any atom is -0.513 e. The van der Waals surface area contributed by atoms with Crippen molar-refractivity contribution in [1.82, 2.24) is 0 Å². The first-order chi connectivity index (χ1) is 10.4. The zero-order chi connectivity index (χ0) is 15.7. The molecule has 3 nitrogen and oxygen atoms in total. The third kappa shape index (κ3) is 1.72. The monoisotopic (exact) mass is 304 g/mol. The maximum Gasteiger partial charge on any atom is 0.0944 e. The summed E-state index contributed by atoms with van der Waals surface area (Å²) in [4.78, 5) is 0. The van der Waals surface area contributed by atoms with Crippen LogP contribution in [0.15, 0.2) is 23.7 Å². The summed E-state index contributed by atoms with van der Waals surface area (Å²) in [6.45, 7) is 4.55. The first-order valence-electron chi connectivity index (χ1n) is 8.83. The molecule has 1 unspecified atom stereocenters. The molecule has 0 spiro atoms. The van der Waals surface area contributed by atoms with Crippen molar-refractivity contribution in [2.45, 2.75) is 58.5 Å². The standard InChI is InChI=1S/C19H28O3/c1-18-7-5-12(20)9-11(18)10-15(21)17-13-3-4-16(22)19(13,2)8-6-14(17)18/h4,9,11,13-15,17,20-22H,3,5-8,10H2,1-2H3/t11?,13-,14-,15-,17-,18-,19-/m0/s1. The quantitative estimate of drug-likeness (QED) is 0.631. The van der Waals surface area contributed by atoms with Gasteiger partial charge in [0.2, 0.25) is 0 Å². The molecule has 3 heteroatoms. The van der Waals surface area contributed by atoms with Gasteiger partial charge in [-0.05, 0) is 73.3 Å². The summed E-state index contributed by atoms with van der Waals surface area (Å²) in [5.74, 6) is 2.52. The molecule has 2 fully saturated rings. The van der Waals surface area contributed by atoms with Crippen LogP contribution in [0, 0.1) is 34.5 Å². The molecule has 122 valence electrons. The van der Waals surface area contributed by atoms with Crippen molar-refractivity contribution in [3.8, 4) is 0 Å². The van der Waals surface area contributed by atoms with E-state index in [0.717, 1.165) is 38.5 Å². The van der Waals surface area contributed by atoms with Gasteiger partial charge in [-0.15, -0.1) is 0 Å². The van der Waals surface area contributed by atoms with Gasteiger partial charge < -0.3 is 15.3 Å². The fourth-order valence-corrected chi connectivity index (χ4v) is 6.35. The molecule has 4 aliphatic carbocycles. The predicted molar refractivity (Wildman–Crippen MR) is 85.3 cm³/mol. The summed E-state index contributed by atoms with van der Waals surface area (Å²) >= 11 is 0. The molecule has 7 atom stereocenters. The van der Waals surface area contributed by atoms with E-state index >= 15 is 0 Å². The average Bonchev–Trinajstić information content (AvgIpc) is 2.77. The van der Waals surface area contributed by atoms with Crippen LogP contribution in [0.3, 0.4) is 0 Å². The highest BCUT2D eigenvalue weighted by Crippen LogP contribution is 2.65. The van der Waals surface area contributed by atoms with Crippen molar-refractivity contribution in [2.75, 3.05) is 0 Å². The zero-order valence-corrected chi connectivity index (χ0v) is 13.6. The van der Waals surface area contributed by atoms with Crippen molar-refractivity contribution in [3.05, 3.63) is 23.7 Å². The lowest BCUT2D eigenvalue weighted by Gasteiger charge is -2.60. The lowest BCUT2D eigenvalue weighted by atomic mass is 9.45. The van der Waals surface area contributed by atoms with Crippen LogP contribution in [0.25, 0.3) is 0 Å². The van der Waals surface area contributed by atoms with Crippen LogP contribution in [0.4, 0.5) is 0 Å². The Bertz CT molecular complexity index is 551. The highest BCUT2D eigenvalue weighted by molar-refractivity contribution is 5.23. The normalized spacial score (nSPS) is 53.9. The molecular weight excluding hydrogens is 276 g/mol. The van der Waals surface area contributed by atoms with Gasteiger partial charge in [0.1, 0.15) is 0 Å². The molecule has 0 aromatic carbocycles. The number of allylic oxidation sites excluding steroid dienone is 4. The topological polar surface area (TPSA) is 60.7 Å². The van der Waals surface area contributed by atoms with Crippen LogP contribution in [0.5, 0.6) is 0 Å². The highest BCUT2D eigenvalue weighted by atomic mass is 16.3. The summed E-state index contributed by atoms with van der Waals surface area (Å²) in [6, 6.07) is 0. The van der Waals surface area contributed by atoms with E-state index < -0.39 is 0 Å². The van der Waals surface area contributed by atoms with Crippen molar-refractivity contribution in [3.63, 3.8) is 0 Å². The molecule has 0 saturated heterocycles. The number of hydrogen-bond acceptors (Lipinski definition) is 3. The maximum absolute atomic E-state index is 10.9. The minimum atomic E-state index is -0.311. The summed E-state index contributed by atoms with van der Waals surface area (Å²) in [5.41, 5.74) is 0.0631. The molecule has 0 amide bonds. The minimum absolute atomic E-state index is 0.127. The lowest BCUT2D eigenvalue weighted by molar-refractivity contribution is -0.143. The van der Waals surface area contributed by atoms with Gasteiger partial charge in [0.25, 0.3) is 0 Å². The van der Waals surface area contributed by atoms with Crippen molar-refractivity contribution in [2.24, 2.45) is 34.5 Å². The second-order valence-corrected chi connectivity index (χ2v) is 8.64. The molecule has 22 heavy (non-hydrogen) atoms. The van der Waals surface area contributed by atoms with E-state index in [1.54, 1.807) is 0 Å². The van der Waals surface area contributed by atoms with Gasteiger partial charge in [0.15, 0.2) is 0 Å². The first-order valence-corrected chi connectivity index (χ1v) is 8.83. The fourth-order valence-electron chi connectivity index (χ4n) is 6.35. The largest absolute Gasteiger partial charge is 0.513 e. The van der Waals surface area contributed by atoms with Gasteiger partial charge in [0, 0.05) is 11.8 Å². The molecule has 0 aromatic rings. The number of aliphatic hydroxyl groups excluding tert-OH is 3. The third-order valence-electron chi connectivity index (χ3n) is 7.82. The van der Waals surface area contributed by atoms with E-state index in [1.165, 1.54) is 0 Å². The van der Waals surface area contributed by atoms with Crippen LogP contribution in [-0.2, 0) is 0 Å². The summed E-state index contributed by atoms with van der Waals surface area (Å²) in [6.07, 6.45) is 9.25. The van der Waals surface area contributed by atoms with Crippen molar-refractivity contribution < 1.29 is 15.3 Å². The Balaban J connectivity index is 1.71. The SMILES string of the molecule is C[C@]12CCC(O)=CC1C[C@H](O)[C@@H]1[C@@H]2CC[C@]2(C)C(O)=CC[C@@H]12. The molecule has 2 saturated carbocycles. The Hall–Kier alpha value is -0.960. The summed E-state index contributed by atoms with van der Waals surface area (Å²) in [5, 5.41) is 31.1. The molecule has 0 heterocycles. The van der Waals surface area contributed by atoms with E-state index in [0.29, 0.717) is 29.3 Å². The molecule has 0 radical (unpaired) electrons. The van der Waals surface area contributed by atoms with Crippen LogP contribution in [0.2, 0.25) is 0 Å². The Kier molecular flexibility index (Phi) is 3.01. The van der Waals surface area contributed by atoms with Crippen molar-refractivity contribution >= 4 is 0 Å². The fraction of sp³-hybridized carbons (Fsp3) is 0.789. The lowest BCUT2D eigenvalue weighted by Crippen LogP contribution is -2.57. The Morgan fingerprint density at radius 1 is 1.14 bits per heavy atom. The van der Waals surface area contributed by atoms with Gasteiger partial charge >= 0.3 is 0 Å². The number of hydrogen-bond donors (Lipinski definition) is 3. The van der Waals surface area contributed by atoms with E-state index in [1.807, 2.05) is 12.2 Å². The van der Waals surface area contributed by atoms with Crippen LogP contribution < -0.4 is 0 Å². The highest BCUT2D eigenvalue weighted by Gasteiger charge is 2.60. The number of rotatable bonds is 0. The van der Waals surface area contributed by atoms with E-state index in [4.69, 9.17) is 0 Å².